The van der Waals surface area contributed by atoms with Gasteiger partial charge in [-0.3, -0.25) is 13.9 Å². The molecule has 0 aromatic carbocycles. The third-order valence-electron chi connectivity index (χ3n) is 7.85. The number of nitrogens with zero attached hydrogens (tertiary/aromatic N) is 4. The zero-order valence-electron chi connectivity index (χ0n) is 21.1. The van der Waals surface area contributed by atoms with Crippen LogP contribution in [0.15, 0.2) is 6.33 Å². The van der Waals surface area contributed by atoms with E-state index in [0.29, 0.717) is 24.9 Å². The second-order valence-electron chi connectivity index (χ2n) is 10.4. The summed E-state index contributed by atoms with van der Waals surface area (Å²) < 4.78 is 34.3. The second kappa shape index (κ2) is 10.9. The molecule has 0 radical (unpaired) electrons. The number of fused-ring (bicyclic) bond motifs is 3. The Bertz CT molecular complexity index is 1190. The molecule has 5 rings (SSSR count). The van der Waals surface area contributed by atoms with Gasteiger partial charge in [-0.1, -0.05) is 0 Å². The lowest BCUT2D eigenvalue weighted by atomic mass is 9.92. The van der Waals surface area contributed by atoms with Crippen LogP contribution in [0.25, 0.3) is 10.2 Å². The quantitative estimate of drug-likeness (QED) is 0.450. The lowest BCUT2D eigenvalue weighted by molar-refractivity contribution is -0.131. The predicted octanol–water partition coefficient (Wildman–Crippen LogP) is 3.33. The third kappa shape index (κ3) is 5.84. The maximum absolute atomic E-state index is 12.5. The van der Waals surface area contributed by atoms with E-state index in [4.69, 9.17) is 8.92 Å². The molecule has 3 aliphatic rings. The summed E-state index contributed by atoms with van der Waals surface area (Å²) in [6, 6.07) is 0.395. The van der Waals surface area contributed by atoms with Gasteiger partial charge < -0.3 is 9.64 Å². The van der Waals surface area contributed by atoms with E-state index in [1.54, 1.807) is 17.7 Å². The van der Waals surface area contributed by atoms with Gasteiger partial charge in [-0.05, 0) is 76.3 Å². The highest BCUT2D eigenvalue weighted by Gasteiger charge is 2.32. The summed E-state index contributed by atoms with van der Waals surface area (Å²) in [7, 11) is -1.38. The minimum atomic E-state index is -3.44. The molecule has 2 aromatic heterocycles. The molecule has 1 saturated heterocycles. The molecular formula is C25H36N4O5S2. The summed E-state index contributed by atoms with van der Waals surface area (Å²) in [6.07, 6.45) is 11.4. The molecule has 0 bridgehead atoms. The van der Waals surface area contributed by atoms with E-state index in [1.807, 2.05) is 4.90 Å². The molecule has 3 heterocycles. The number of ether oxygens (including phenoxy) is 1. The van der Waals surface area contributed by atoms with Crippen LogP contribution in [0.5, 0.6) is 5.88 Å². The molecule has 1 saturated carbocycles. The van der Waals surface area contributed by atoms with E-state index in [-0.39, 0.29) is 24.5 Å². The van der Waals surface area contributed by atoms with Crippen LogP contribution in [0.4, 0.5) is 0 Å². The number of rotatable bonds is 9. The Kier molecular flexibility index (Phi) is 7.81. The standard InChI is InChI=1S/C25H36N4O5S2/c1-28(15-21(30)29-12-3-4-13-29)18-6-8-19(9-7-18)34-24-23-22-17(11-14-33-36(2,31)32)5-10-20(22)35-25(23)27-16-26-24/h16-19H,3-15H2,1-2H3. The molecular weight excluding hydrogens is 500 g/mol. The van der Waals surface area contributed by atoms with Crippen LogP contribution in [0, 0.1) is 0 Å². The number of aromatic nitrogens is 2. The summed E-state index contributed by atoms with van der Waals surface area (Å²) >= 11 is 1.69. The van der Waals surface area contributed by atoms with E-state index >= 15 is 0 Å². The molecule has 36 heavy (non-hydrogen) atoms. The van der Waals surface area contributed by atoms with Crippen molar-refractivity contribution >= 4 is 37.6 Å². The summed E-state index contributed by atoms with van der Waals surface area (Å²) in [4.78, 5) is 28.0. The maximum atomic E-state index is 12.5. The van der Waals surface area contributed by atoms with Crippen LogP contribution >= 0.6 is 11.3 Å². The smallest absolute Gasteiger partial charge is 0.264 e. The summed E-state index contributed by atoms with van der Waals surface area (Å²) in [5, 5.41) is 0.995. The average molecular weight is 537 g/mol. The number of thiophene rings is 1. The molecule has 1 amide bonds. The minimum Gasteiger partial charge on any atom is -0.474 e. The van der Waals surface area contributed by atoms with Crippen LogP contribution < -0.4 is 4.74 Å². The molecule has 9 nitrogen and oxygen atoms in total. The van der Waals surface area contributed by atoms with E-state index in [0.717, 1.165) is 80.9 Å². The fourth-order valence-electron chi connectivity index (χ4n) is 5.93. The highest BCUT2D eigenvalue weighted by atomic mass is 32.2. The van der Waals surface area contributed by atoms with E-state index in [1.165, 1.54) is 10.4 Å². The summed E-state index contributed by atoms with van der Waals surface area (Å²) in [6.45, 7) is 2.48. The maximum Gasteiger partial charge on any atom is 0.264 e. The normalized spacial score (nSPS) is 24.5. The van der Waals surface area contributed by atoms with Gasteiger partial charge in [-0.2, -0.15) is 8.42 Å². The van der Waals surface area contributed by atoms with Crippen LogP contribution in [-0.4, -0.2) is 85.8 Å². The zero-order valence-corrected chi connectivity index (χ0v) is 22.8. The first-order valence-corrected chi connectivity index (χ1v) is 15.7. The molecule has 11 heteroatoms. The molecule has 1 unspecified atom stereocenters. The van der Waals surface area contributed by atoms with E-state index < -0.39 is 10.1 Å². The summed E-state index contributed by atoms with van der Waals surface area (Å²) in [5.41, 5.74) is 1.22. The molecule has 2 aliphatic carbocycles. The van der Waals surface area contributed by atoms with Crippen molar-refractivity contribution in [3.63, 3.8) is 0 Å². The van der Waals surface area contributed by atoms with Crippen molar-refractivity contribution in [2.75, 3.05) is 39.5 Å². The zero-order chi connectivity index (χ0) is 25.3. The lowest BCUT2D eigenvalue weighted by Gasteiger charge is -2.35. The highest BCUT2D eigenvalue weighted by molar-refractivity contribution is 7.85. The van der Waals surface area contributed by atoms with Crippen LogP contribution in [0.2, 0.25) is 0 Å². The van der Waals surface area contributed by atoms with E-state index in [2.05, 4.69) is 21.9 Å². The van der Waals surface area contributed by atoms with E-state index in [9.17, 15) is 13.2 Å². The first-order chi connectivity index (χ1) is 17.3. The van der Waals surface area contributed by atoms with Crippen molar-refractivity contribution in [3.8, 4) is 5.88 Å². The molecule has 198 valence electrons. The number of hydrogen-bond acceptors (Lipinski definition) is 9. The Morgan fingerprint density at radius 1 is 1.17 bits per heavy atom. The van der Waals surface area contributed by atoms with Gasteiger partial charge in [0.1, 0.15) is 17.3 Å². The molecule has 0 N–H and O–H groups in total. The van der Waals surface area contributed by atoms with Crippen LogP contribution in [-0.2, 0) is 25.5 Å². The fourth-order valence-corrected chi connectivity index (χ4v) is 7.56. The molecule has 2 fully saturated rings. The first kappa shape index (κ1) is 25.8. The SMILES string of the molecule is CN(CC(=O)N1CCCC1)C1CCC(Oc2ncnc3sc4c(c23)C(CCOS(C)(=O)=O)CC4)CC1. The second-order valence-corrected chi connectivity index (χ2v) is 13.1. The number of carbonyl (C=O) groups is 1. The molecule has 1 aliphatic heterocycles. The number of hydrogen-bond donors (Lipinski definition) is 0. The van der Waals surface area contributed by atoms with Gasteiger partial charge in [0.25, 0.3) is 10.1 Å². The average Bonchev–Trinajstić information content (AvgIpc) is 3.57. The molecule has 0 spiro atoms. The van der Waals surface area contributed by atoms with Crippen molar-refractivity contribution in [2.45, 2.75) is 75.9 Å². The Hall–Kier alpha value is -1.82. The van der Waals surface area contributed by atoms with Gasteiger partial charge >= 0.3 is 0 Å². The Balaban J connectivity index is 1.21. The fraction of sp³-hybridized carbons (Fsp3) is 0.720. The van der Waals surface area contributed by atoms with Gasteiger partial charge in [0.05, 0.1) is 24.8 Å². The van der Waals surface area contributed by atoms with Gasteiger partial charge in [0, 0.05) is 24.0 Å². The molecule has 1 atom stereocenters. The van der Waals surface area contributed by atoms with Gasteiger partial charge in [0.2, 0.25) is 11.8 Å². The number of amides is 1. The Morgan fingerprint density at radius 2 is 1.92 bits per heavy atom. The van der Waals surface area contributed by atoms with Crippen LogP contribution in [0.1, 0.15) is 67.7 Å². The highest BCUT2D eigenvalue weighted by Crippen LogP contribution is 2.47. The van der Waals surface area contributed by atoms with Crippen molar-refractivity contribution in [3.05, 3.63) is 16.8 Å². The number of carbonyl (C=O) groups excluding carboxylic acids is 1. The van der Waals surface area contributed by atoms with Gasteiger partial charge in [-0.15, -0.1) is 11.3 Å². The number of likely N-dealkylation sites (N-methyl/N-ethyl adjacent to an activating group) is 1. The third-order valence-corrected chi connectivity index (χ3v) is 9.62. The Morgan fingerprint density at radius 3 is 2.64 bits per heavy atom. The number of likely N-dealkylation sites (tertiary alicyclic amines) is 1. The monoisotopic (exact) mass is 536 g/mol. The van der Waals surface area contributed by atoms with Crippen molar-refractivity contribution < 1.29 is 22.1 Å². The van der Waals surface area contributed by atoms with Crippen LogP contribution in [0.3, 0.4) is 0 Å². The topological polar surface area (TPSA) is 102 Å². The van der Waals surface area contributed by atoms with Gasteiger partial charge in [-0.25, -0.2) is 9.97 Å². The first-order valence-electron chi connectivity index (χ1n) is 13.0. The predicted molar refractivity (Wildman–Crippen MR) is 139 cm³/mol. The summed E-state index contributed by atoms with van der Waals surface area (Å²) in [5.74, 6) is 1.12. The van der Waals surface area contributed by atoms with Gasteiger partial charge in [0.15, 0.2) is 0 Å². The lowest BCUT2D eigenvalue weighted by Crippen LogP contribution is -2.44. The number of aryl methyl sites for hydroxylation is 1. The van der Waals surface area contributed by atoms with Crippen molar-refractivity contribution in [1.29, 1.82) is 0 Å². The van der Waals surface area contributed by atoms with Crippen molar-refractivity contribution in [1.82, 2.24) is 19.8 Å². The molecule has 2 aromatic rings. The largest absolute Gasteiger partial charge is 0.474 e. The Labute approximate surface area is 217 Å². The van der Waals surface area contributed by atoms with Crippen molar-refractivity contribution in [2.24, 2.45) is 0 Å². The minimum absolute atomic E-state index is 0.0889.